The number of nitrogens with one attached hydrogen (secondary N) is 1. The second kappa shape index (κ2) is 2.48. The van der Waals surface area contributed by atoms with Gasteiger partial charge in [-0.3, -0.25) is 4.90 Å². The van der Waals surface area contributed by atoms with Crippen LogP contribution in [0.25, 0.3) is 0 Å². The second-order valence-electron chi connectivity index (χ2n) is 3.89. The summed E-state index contributed by atoms with van der Waals surface area (Å²) in [4.78, 5) is 15.3. The lowest BCUT2D eigenvalue weighted by atomic mass is 9.96. The van der Waals surface area contributed by atoms with Crippen molar-refractivity contribution in [3.8, 4) is 0 Å². The lowest BCUT2D eigenvalue weighted by Crippen LogP contribution is -2.57. The highest BCUT2D eigenvalue weighted by atomic mass is 16.2. The standard InChI is InChI=1S/C9H15N3O/c1-7-9(2)6-10-4-5-12(9)8(13)11(7)3/h10H,1,4-6H2,2-3H3. The molecule has 2 aliphatic rings. The van der Waals surface area contributed by atoms with E-state index in [4.69, 9.17) is 0 Å². The average molecular weight is 181 g/mol. The Kier molecular flexibility index (Phi) is 1.63. The molecular formula is C9H15N3O. The van der Waals surface area contributed by atoms with Crippen molar-refractivity contribution < 1.29 is 4.79 Å². The Bertz CT molecular complexity index is 276. The van der Waals surface area contributed by atoms with Crippen LogP contribution in [0.5, 0.6) is 0 Å². The predicted octanol–water partition coefficient (Wildman–Crippen LogP) is 0.229. The van der Waals surface area contributed by atoms with Crippen molar-refractivity contribution in [2.45, 2.75) is 12.5 Å². The van der Waals surface area contributed by atoms with Gasteiger partial charge in [-0.15, -0.1) is 0 Å². The van der Waals surface area contributed by atoms with E-state index in [2.05, 4.69) is 18.8 Å². The monoisotopic (exact) mass is 181 g/mol. The van der Waals surface area contributed by atoms with Crippen LogP contribution >= 0.6 is 0 Å². The van der Waals surface area contributed by atoms with Crippen LogP contribution < -0.4 is 5.32 Å². The maximum Gasteiger partial charge on any atom is 0.324 e. The number of amides is 2. The molecule has 0 aromatic carbocycles. The van der Waals surface area contributed by atoms with E-state index in [1.165, 1.54) is 0 Å². The van der Waals surface area contributed by atoms with Crippen LogP contribution in [-0.2, 0) is 0 Å². The molecule has 2 aliphatic heterocycles. The van der Waals surface area contributed by atoms with E-state index in [9.17, 15) is 4.79 Å². The number of rotatable bonds is 0. The third-order valence-electron chi connectivity index (χ3n) is 3.12. The number of carbonyl (C=O) groups is 1. The quantitative estimate of drug-likeness (QED) is 0.580. The number of piperazine rings is 1. The summed E-state index contributed by atoms with van der Waals surface area (Å²) in [6.45, 7) is 8.48. The third kappa shape index (κ3) is 0.920. The fraction of sp³-hybridized carbons (Fsp3) is 0.667. The second-order valence-corrected chi connectivity index (χ2v) is 3.89. The highest BCUT2D eigenvalue weighted by Crippen LogP contribution is 2.34. The fourth-order valence-electron chi connectivity index (χ4n) is 2.09. The van der Waals surface area contributed by atoms with E-state index in [0.29, 0.717) is 0 Å². The van der Waals surface area contributed by atoms with Gasteiger partial charge in [0.2, 0.25) is 0 Å². The van der Waals surface area contributed by atoms with Crippen molar-refractivity contribution in [3.05, 3.63) is 12.3 Å². The molecule has 2 heterocycles. The molecule has 2 amide bonds. The first-order chi connectivity index (χ1) is 6.07. The lowest BCUT2D eigenvalue weighted by Gasteiger charge is -2.38. The van der Waals surface area contributed by atoms with Crippen LogP contribution in [0.15, 0.2) is 12.3 Å². The lowest BCUT2D eigenvalue weighted by molar-refractivity contribution is 0.150. The number of likely N-dealkylation sites (N-methyl/N-ethyl adjacent to an activating group) is 1. The smallest absolute Gasteiger partial charge is 0.312 e. The van der Waals surface area contributed by atoms with Crippen molar-refractivity contribution in [1.29, 1.82) is 0 Å². The molecule has 13 heavy (non-hydrogen) atoms. The molecular weight excluding hydrogens is 166 g/mol. The first-order valence-electron chi connectivity index (χ1n) is 4.53. The van der Waals surface area contributed by atoms with Gasteiger partial charge in [0, 0.05) is 32.4 Å². The zero-order chi connectivity index (χ0) is 9.64. The van der Waals surface area contributed by atoms with Crippen LogP contribution in [0.2, 0.25) is 0 Å². The topological polar surface area (TPSA) is 35.6 Å². The van der Waals surface area contributed by atoms with E-state index in [-0.39, 0.29) is 11.6 Å². The maximum absolute atomic E-state index is 11.7. The molecule has 0 saturated carbocycles. The van der Waals surface area contributed by atoms with Gasteiger partial charge in [0.1, 0.15) is 0 Å². The van der Waals surface area contributed by atoms with Crippen LogP contribution in [0.3, 0.4) is 0 Å². The van der Waals surface area contributed by atoms with Crippen molar-refractivity contribution in [2.24, 2.45) is 0 Å². The van der Waals surface area contributed by atoms with Crippen molar-refractivity contribution in [3.63, 3.8) is 0 Å². The van der Waals surface area contributed by atoms with Crippen molar-refractivity contribution in [1.82, 2.24) is 15.1 Å². The van der Waals surface area contributed by atoms with Crippen LogP contribution in [0.1, 0.15) is 6.92 Å². The summed E-state index contributed by atoms with van der Waals surface area (Å²) in [5, 5.41) is 3.29. The summed E-state index contributed by atoms with van der Waals surface area (Å²) in [6.07, 6.45) is 0. The summed E-state index contributed by atoms with van der Waals surface area (Å²) < 4.78 is 0. The van der Waals surface area contributed by atoms with Gasteiger partial charge < -0.3 is 10.2 Å². The van der Waals surface area contributed by atoms with Gasteiger partial charge in [0.25, 0.3) is 0 Å². The minimum Gasteiger partial charge on any atom is -0.312 e. The SMILES string of the molecule is C=C1N(C)C(=O)N2CCNCC12C. The molecule has 2 saturated heterocycles. The first-order valence-corrected chi connectivity index (χ1v) is 4.53. The average Bonchev–Trinajstić information content (AvgIpc) is 2.29. The summed E-state index contributed by atoms with van der Waals surface area (Å²) in [7, 11) is 1.79. The Morgan fingerprint density at radius 2 is 2.31 bits per heavy atom. The number of hydrogen-bond acceptors (Lipinski definition) is 2. The minimum atomic E-state index is -0.204. The molecule has 1 N–H and O–H groups in total. The first kappa shape index (κ1) is 8.56. The third-order valence-corrected chi connectivity index (χ3v) is 3.12. The van der Waals surface area contributed by atoms with E-state index >= 15 is 0 Å². The molecule has 2 fully saturated rings. The molecule has 0 bridgehead atoms. The molecule has 0 spiro atoms. The normalized spacial score (nSPS) is 34.0. The number of urea groups is 1. The van der Waals surface area contributed by atoms with Gasteiger partial charge in [-0.05, 0) is 6.92 Å². The van der Waals surface area contributed by atoms with Crippen LogP contribution in [0, 0.1) is 0 Å². The Morgan fingerprint density at radius 3 is 2.92 bits per heavy atom. The number of carbonyl (C=O) groups excluding carboxylic acids is 1. The largest absolute Gasteiger partial charge is 0.324 e. The van der Waals surface area contributed by atoms with Crippen LogP contribution in [0.4, 0.5) is 4.79 Å². The number of hydrogen-bond donors (Lipinski definition) is 1. The Hall–Kier alpha value is -1.03. The zero-order valence-corrected chi connectivity index (χ0v) is 8.13. The van der Waals surface area contributed by atoms with E-state index in [0.717, 1.165) is 25.3 Å². The molecule has 4 nitrogen and oxygen atoms in total. The summed E-state index contributed by atoms with van der Waals surface area (Å²) in [5.41, 5.74) is 0.689. The number of fused-ring (bicyclic) bond motifs is 1. The fourth-order valence-corrected chi connectivity index (χ4v) is 2.09. The van der Waals surface area contributed by atoms with Crippen molar-refractivity contribution >= 4 is 6.03 Å². The van der Waals surface area contributed by atoms with Crippen molar-refractivity contribution in [2.75, 3.05) is 26.7 Å². The Balaban J connectivity index is 2.38. The van der Waals surface area contributed by atoms with Gasteiger partial charge in [-0.2, -0.15) is 0 Å². The molecule has 0 aromatic rings. The zero-order valence-electron chi connectivity index (χ0n) is 8.13. The van der Waals surface area contributed by atoms with E-state index < -0.39 is 0 Å². The predicted molar refractivity (Wildman–Crippen MR) is 50.3 cm³/mol. The van der Waals surface area contributed by atoms with Gasteiger partial charge in [0.05, 0.1) is 5.54 Å². The highest BCUT2D eigenvalue weighted by molar-refractivity contribution is 5.82. The highest BCUT2D eigenvalue weighted by Gasteiger charge is 2.49. The summed E-state index contributed by atoms with van der Waals surface area (Å²) in [6, 6.07) is 0.0778. The minimum absolute atomic E-state index is 0.0778. The Labute approximate surface area is 78.2 Å². The molecule has 72 valence electrons. The summed E-state index contributed by atoms with van der Waals surface area (Å²) in [5.74, 6) is 0. The van der Waals surface area contributed by atoms with Gasteiger partial charge >= 0.3 is 6.03 Å². The molecule has 1 unspecified atom stereocenters. The molecule has 0 radical (unpaired) electrons. The van der Waals surface area contributed by atoms with Gasteiger partial charge in [-0.1, -0.05) is 6.58 Å². The van der Waals surface area contributed by atoms with E-state index in [1.807, 2.05) is 4.90 Å². The molecule has 1 atom stereocenters. The van der Waals surface area contributed by atoms with Gasteiger partial charge in [-0.25, -0.2) is 4.79 Å². The maximum atomic E-state index is 11.7. The van der Waals surface area contributed by atoms with Crippen LogP contribution in [-0.4, -0.2) is 48.1 Å². The molecule has 4 heteroatoms. The Morgan fingerprint density at radius 1 is 1.62 bits per heavy atom. The van der Waals surface area contributed by atoms with E-state index in [1.54, 1.807) is 11.9 Å². The molecule has 0 aliphatic carbocycles. The van der Waals surface area contributed by atoms with Gasteiger partial charge in [0.15, 0.2) is 0 Å². The number of nitrogens with zero attached hydrogens (tertiary/aromatic N) is 2. The molecule has 0 aromatic heterocycles. The summed E-state index contributed by atoms with van der Waals surface area (Å²) >= 11 is 0. The molecule has 2 rings (SSSR count).